The van der Waals surface area contributed by atoms with Gasteiger partial charge in [-0.05, 0) is 93.5 Å². The summed E-state index contributed by atoms with van der Waals surface area (Å²) in [6.07, 6.45) is 28.2. The van der Waals surface area contributed by atoms with Crippen molar-refractivity contribution in [1.82, 2.24) is 0 Å². The van der Waals surface area contributed by atoms with Gasteiger partial charge in [-0.2, -0.15) is 0 Å². The molecule has 0 spiro atoms. The zero-order chi connectivity index (χ0) is 31.9. The Bertz CT molecular complexity index is 1680. The summed E-state index contributed by atoms with van der Waals surface area (Å²) >= 11 is 0. The summed E-state index contributed by atoms with van der Waals surface area (Å²) in [7, 11) is 0. The standard InChI is InChI=1S/C44H44/c1-9-17-26-33(11-3)40-29-21-23-31-43(40)39(16-8)38(15-7)42(25-10-2)36(13-5)35(12-4)37(14-6)44-32-24-22-30-41(44)34-27-19-18-20-28-34/h9-20,22,24-32H,2-4,6-8,21,23H2,1,5H3/b17-9-,33-26+,36-13-,37-35-,39-38-,42-25+. The summed E-state index contributed by atoms with van der Waals surface area (Å²) in [5.41, 5.74) is 12.6. The predicted octanol–water partition coefficient (Wildman–Crippen LogP) is 12.5. The van der Waals surface area contributed by atoms with Crippen LogP contribution >= 0.6 is 0 Å². The summed E-state index contributed by atoms with van der Waals surface area (Å²) in [5.74, 6) is 0. The summed E-state index contributed by atoms with van der Waals surface area (Å²) < 4.78 is 0. The molecule has 44 heavy (non-hydrogen) atoms. The van der Waals surface area contributed by atoms with E-state index in [1.807, 2.05) is 67.7 Å². The van der Waals surface area contributed by atoms with Crippen LogP contribution in [-0.2, 0) is 0 Å². The summed E-state index contributed by atoms with van der Waals surface area (Å²) in [6, 6.07) is 18.8. The Hall–Kier alpha value is -5.20. The van der Waals surface area contributed by atoms with Crippen LogP contribution in [-0.4, -0.2) is 0 Å². The third kappa shape index (κ3) is 7.41. The van der Waals surface area contributed by atoms with Crippen LogP contribution in [0.25, 0.3) is 16.7 Å². The molecule has 0 bridgehead atoms. The highest BCUT2D eigenvalue weighted by molar-refractivity contribution is 5.91. The van der Waals surface area contributed by atoms with Crippen LogP contribution in [0.2, 0.25) is 0 Å². The van der Waals surface area contributed by atoms with E-state index in [1.54, 1.807) is 0 Å². The molecule has 2 aromatic rings. The quantitative estimate of drug-likeness (QED) is 0.198. The average molecular weight is 573 g/mol. The van der Waals surface area contributed by atoms with E-state index in [1.165, 1.54) is 0 Å². The Morgan fingerprint density at radius 3 is 1.80 bits per heavy atom. The molecule has 0 saturated carbocycles. The molecule has 0 heteroatoms. The molecule has 3 rings (SSSR count). The van der Waals surface area contributed by atoms with E-state index in [0.717, 1.165) is 79.7 Å². The lowest BCUT2D eigenvalue weighted by atomic mass is 9.80. The van der Waals surface area contributed by atoms with E-state index >= 15 is 0 Å². The van der Waals surface area contributed by atoms with Crippen molar-refractivity contribution >= 4 is 5.57 Å². The zero-order valence-corrected chi connectivity index (χ0v) is 26.4. The van der Waals surface area contributed by atoms with Crippen molar-refractivity contribution in [2.45, 2.75) is 26.7 Å². The minimum atomic E-state index is 0.945. The molecule has 0 aromatic heterocycles. The molecule has 0 heterocycles. The van der Waals surface area contributed by atoms with Crippen molar-refractivity contribution in [1.29, 1.82) is 0 Å². The first-order valence-electron chi connectivity index (χ1n) is 15.0. The Morgan fingerprint density at radius 2 is 1.23 bits per heavy atom. The van der Waals surface area contributed by atoms with Crippen molar-refractivity contribution in [3.63, 3.8) is 0 Å². The normalized spacial score (nSPS) is 15.4. The number of allylic oxidation sites excluding steroid dienone is 22. The fourth-order valence-electron chi connectivity index (χ4n) is 5.62. The van der Waals surface area contributed by atoms with Gasteiger partial charge in [0, 0.05) is 0 Å². The lowest BCUT2D eigenvalue weighted by molar-refractivity contribution is 1.00. The second-order valence-electron chi connectivity index (χ2n) is 10.1. The lowest BCUT2D eigenvalue weighted by Crippen LogP contribution is -2.06. The first kappa shape index (κ1) is 33.3. The highest BCUT2D eigenvalue weighted by Crippen LogP contribution is 2.40. The van der Waals surface area contributed by atoms with Crippen LogP contribution in [0, 0.1) is 0 Å². The van der Waals surface area contributed by atoms with Gasteiger partial charge in [-0.25, -0.2) is 0 Å². The molecule has 1 aliphatic carbocycles. The average Bonchev–Trinajstić information content (AvgIpc) is 3.08. The molecule has 2 aromatic carbocycles. The van der Waals surface area contributed by atoms with Gasteiger partial charge in [0.25, 0.3) is 0 Å². The maximum Gasteiger partial charge on any atom is -0.00994 e. The van der Waals surface area contributed by atoms with Gasteiger partial charge in [-0.3, -0.25) is 0 Å². The molecular weight excluding hydrogens is 528 g/mol. The van der Waals surface area contributed by atoms with Crippen LogP contribution in [0.1, 0.15) is 32.3 Å². The van der Waals surface area contributed by atoms with Gasteiger partial charge in [-0.1, -0.05) is 173 Å². The van der Waals surface area contributed by atoms with Gasteiger partial charge >= 0.3 is 0 Å². The Labute approximate surface area is 266 Å². The summed E-state index contributed by atoms with van der Waals surface area (Å²) in [5, 5.41) is 0. The van der Waals surface area contributed by atoms with Crippen molar-refractivity contribution in [3.8, 4) is 11.1 Å². The summed E-state index contributed by atoms with van der Waals surface area (Å²) in [4.78, 5) is 0. The van der Waals surface area contributed by atoms with Gasteiger partial charge in [0.05, 0.1) is 0 Å². The Kier molecular flexibility index (Phi) is 12.9. The van der Waals surface area contributed by atoms with E-state index < -0.39 is 0 Å². The van der Waals surface area contributed by atoms with Gasteiger partial charge in [-0.15, -0.1) is 0 Å². The van der Waals surface area contributed by atoms with E-state index in [4.69, 9.17) is 0 Å². The molecule has 0 saturated heterocycles. The first-order chi connectivity index (χ1) is 21.5. The SMILES string of the molecule is C=C/C=C(C(/C=C)=C(/C=C)C1=CCCC=C1/C(C=C)=C/C=C\C)\C(=C/C)C(\C=C)=C(\C=C)c1ccccc1-c1ccccc1. The fraction of sp³-hybridized carbons (Fsp3) is 0.0909. The zero-order valence-electron chi connectivity index (χ0n) is 26.4. The van der Waals surface area contributed by atoms with Crippen molar-refractivity contribution in [2.24, 2.45) is 0 Å². The minimum Gasteiger partial charge on any atom is -0.0990 e. The van der Waals surface area contributed by atoms with Crippen LogP contribution in [0.5, 0.6) is 0 Å². The number of hydrogen-bond acceptors (Lipinski definition) is 0. The van der Waals surface area contributed by atoms with Crippen molar-refractivity contribution in [2.75, 3.05) is 0 Å². The molecule has 0 unspecified atom stereocenters. The van der Waals surface area contributed by atoms with Crippen LogP contribution < -0.4 is 0 Å². The van der Waals surface area contributed by atoms with Crippen molar-refractivity contribution in [3.05, 3.63) is 223 Å². The highest BCUT2D eigenvalue weighted by atomic mass is 14.3. The van der Waals surface area contributed by atoms with Crippen LogP contribution in [0.15, 0.2) is 218 Å². The molecule has 220 valence electrons. The molecule has 0 N–H and O–H groups in total. The maximum atomic E-state index is 4.28. The van der Waals surface area contributed by atoms with Gasteiger partial charge < -0.3 is 0 Å². The van der Waals surface area contributed by atoms with Crippen LogP contribution in [0.3, 0.4) is 0 Å². The predicted molar refractivity (Wildman–Crippen MR) is 197 cm³/mol. The molecule has 0 atom stereocenters. The van der Waals surface area contributed by atoms with Gasteiger partial charge in [0.1, 0.15) is 0 Å². The van der Waals surface area contributed by atoms with Gasteiger partial charge in [0.15, 0.2) is 0 Å². The molecule has 0 fully saturated rings. The first-order valence-corrected chi connectivity index (χ1v) is 15.0. The van der Waals surface area contributed by atoms with Gasteiger partial charge in [0.2, 0.25) is 0 Å². The molecule has 0 amide bonds. The highest BCUT2D eigenvalue weighted by Gasteiger charge is 2.22. The lowest BCUT2D eigenvalue weighted by Gasteiger charge is -2.24. The molecule has 0 nitrogen and oxygen atoms in total. The Morgan fingerprint density at radius 1 is 0.614 bits per heavy atom. The monoisotopic (exact) mass is 572 g/mol. The molecule has 0 radical (unpaired) electrons. The Balaban J connectivity index is 2.34. The topological polar surface area (TPSA) is 0 Å². The van der Waals surface area contributed by atoms with E-state index in [9.17, 15) is 0 Å². The molecule has 1 aliphatic rings. The number of rotatable bonds is 14. The smallest absolute Gasteiger partial charge is 0.00994 e. The van der Waals surface area contributed by atoms with E-state index in [-0.39, 0.29) is 0 Å². The fourth-order valence-corrected chi connectivity index (χ4v) is 5.62. The second-order valence-corrected chi connectivity index (χ2v) is 10.1. The van der Waals surface area contributed by atoms with E-state index in [0.29, 0.717) is 0 Å². The molecule has 0 aliphatic heterocycles. The summed E-state index contributed by atoms with van der Waals surface area (Å²) in [6.45, 7) is 29.3. The third-order valence-electron chi connectivity index (χ3n) is 7.59. The molecular formula is C44H44. The van der Waals surface area contributed by atoms with E-state index in [2.05, 4.69) is 119 Å². The second kappa shape index (κ2) is 17.0. The number of benzene rings is 2. The van der Waals surface area contributed by atoms with Crippen molar-refractivity contribution < 1.29 is 0 Å². The third-order valence-corrected chi connectivity index (χ3v) is 7.59. The van der Waals surface area contributed by atoms with Crippen LogP contribution in [0.4, 0.5) is 0 Å². The largest absolute Gasteiger partial charge is 0.0990 e. The number of hydrogen-bond donors (Lipinski definition) is 0. The maximum absolute atomic E-state index is 4.28. The minimum absolute atomic E-state index is 0.945.